The summed E-state index contributed by atoms with van der Waals surface area (Å²) in [5.74, 6) is 0.982. The smallest absolute Gasteiger partial charge is 0.269 e. The molecule has 3 aromatic rings. The standard InChI is InChI=1S/C25H29N9O3/c1-17(19-7-9-20(10-8-19)26-18(2)35)31-32-24-28-23(27-21-11-13-22(14-12-21)34(36)37)29-25(30-24)33-15-5-3-4-6-16-33/h7-14H,3-6,15-16H2,1-2H3,(H,26,35)(H2,27,28,29,30,32)/b31-17-. The first kappa shape index (κ1) is 25.5. The number of nitro groups is 1. The molecule has 0 spiro atoms. The summed E-state index contributed by atoms with van der Waals surface area (Å²) in [6.07, 6.45) is 4.46. The predicted molar refractivity (Wildman–Crippen MR) is 143 cm³/mol. The Bertz CT molecular complexity index is 1270. The highest BCUT2D eigenvalue weighted by Crippen LogP contribution is 2.22. The summed E-state index contributed by atoms with van der Waals surface area (Å²) in [5, 5.41) is 21.3. The lowest BCUT2D eigenvalue weighted by Gasteiger charge is -2.21. The Balaban J connectivity index is 1.56. The van der Waals surface area contributed by atoms with Gasteiger partial charge in [-0.25, -0.2) is 5.43 Å². The minimum Gasteiger partial charge on any atom is -0.341 e. The lowest BCUT2D eigenvalue weighted by Crippen LogP contribution is -2.26. The Morgan fingerprint density at radius 3 is 2.14 bits per heavy atom. The van der Waals surface area contributed by atoms with Gasteiger partial charge in [0.1, 0.15) is 0 Å². The third kappa shape index (κ3) is 7.19. The summed E-state index contributed by atoms with van der Waals surface area (Å²) in [4.78, 5) is 37.6. The molecule has 12 nitrogen and oxygen atoms in total. The van der Waals surface area contributed by atoms with E-state index in [1.165, 1.54) is 31.9 Å². The monoisotopic (exact) mass is 503 g/mol. The number of hydrogen-bond donors (Lipinski definition) is 3. The summed E-state index contributed by atoms with van der Waals surface area (Å²) in [6.45, 7) is 5.02. The normalized spacial score (nSPS) is 14.0. The number of amides is 1. The highest BCUT2D eigenvalue weighted by molar-refractivity contribution is 5.99. The number of benzene rings is 2. The second-order valence-electron chi connectivity index (χ2n) is 8.68. The highest BCUT2D eigenvalue weighted by Gasteiger charge is 2.16. The summed E-state index contributed by atoms with van der Waals surface area (Å²) >= 11 is 0. The van der Waals surface area contributed by atoms with Crippen LogP contribution in [0.5, 0.6) is 0 Å². The quantitative estimate of drug-likeness (QED) is 0.226. The van der Waals surface area contributed by atoms with Crippen molar-refractivity contribution < 1.29 is 9.72 Å². The molecule has 37 heavy (non-hydrogen) atoms. The fourth-order valence-electron chi connectivity index (χ4n) is 3.87. The van der Waals surface area contributed by atoms with Crippen molar-refractivity contribution in [2.75, 3.05) is 34.0 Å². The number of rotatable bonds is 8. The molecule has 1 amide bonds. The molecule has 0 bridgehead atoms. The van der Waals surface area contributed by atoms with Gasteiger partial charge in [0.15, 0.2) is 0 Å². The van der Waals surface area contributed by atoms with E-state index in [0.717, 1.165) is 31.5 Å². The maximum atomic E-state index is 11.2. The zero-order valence-electron chi connectivity index (χ0n) is 20.8. The number of non-ortho nitro benzene ring substituents is 1. The molecule has 12 heteroatoms. The molecule has 0 aliphatic carbocycles. The third-order valence-electron chi connectivity index (χ3n) is 5.79. The molecule has 0 radical (unpaired) electrons. The van der Waals surface area contributed by atoms with Crippen LogP contribution < -0.4 is 21.0 Å². The predicted octanol–water partition coefficient (Wildman–Crippen LogP) is 4.70. The van der Waals surface area contributed by atoms with E-state index in [2.05, 4.69) is 41.0 Å². The molecule has 1 aliphatic rings. The van der Waals surface area contributed by atoms with Crippen molar-refractivity contribution in [2.45, 2.75) is 39.5 Å². The van der Waals surface area contributed by atoms with Crippen LogP contribution in [0.1, 0.15) is 45.1 Å². The molecule has 3 N–H and O–H groups in total. The second-order valence-corrected chi connectivity index (χ2v) is 8.68. The number of anilines is 5. The number of hydrazone groups is 1. The molecule has 2 heterocycles. The van der Waals surface area contributed by atoms with Crippen LogP contribution in [-0.4, -0.2) is 44.6 Å². The Kier molecular flexibility index (Phi) is 8.18. The summed E-state index contributed by atoms with van der Waals surface area (Å²) in [5.41, 5.74) is 5.83. The third-order valence-corrected chi connectivity index (χ3v) is 5.79. The number of hydrogen-bond acceptors (Lipinski definition) is 10. The van der Waals surface area contributed by atoms with E-state index in [-0.39, 0.29) is 17.5 Å². The molecule has 1 aliphatic heterocycles. The Hall–Kier alpha value is -4.61. The fraction of sp³-hybridized carbons (Fsp3) is 0.320. The van der Waals surface area contributed by atoms with E-state index >= 15 is 0 Å². The van der Waals surface area contributed by atoms with E-state index < -0.39 is 4.92 Å². The number of carbonyl (C=O) groups is 1. The van der Waals surface area contributed by atoms with Crippen molar-refractivity contribution >= 4 is 46.5 Å². The van der Waals surface area contributed by atoms with E-state index in [1.54, 1.807) is 12.1 Å². The number of nitrogens with one attached hydrogen (secondary N) is 3. The Labute approximate surface area is 214 Å². The molecular formula is C25H29N9O3. The summed E-state index contributed by atoms with van der Waals surface area (Å²) < 4.78 is 0. The average Bonchev–Trinajstić information content (AvgIpc) is 3.17. The van der Waals surface area contributed by atoms with Crippen molar-refractivity contribution in [3.8, 4) is 0 Å². The number of carbonyl (C=O) groups excluding carboxylic acids is 1. The summed E-state index contributed by atoms with van der Waals surface area (Å²) in [6, 6.07) is 13.4. The van der Waals surface area contributed by atoms with Crippen LogP contribution in [0.4, 0.5) is 34.9 Å². The SMILES string of the molecule is CC(=O)Nc1ccc(/C(C)=N\Nc2nc(Nc3ccc([N+](=O)[O-])cc3)nc(N3CCCCCC3)n2)cc1. The molecule has 1 fully saturated rings. The molecule has 1 aromatic heterocycles. The number of nitro benzene ring substituents is 1. The van der Waals surface area contributed by atoms with Crippen LogP contribution in [0.3, 0.4) is 0 Å². The van der Waals surface area contributed by atoms with Crippen molar-refractivity contribution in [3.63, 3.8) is 0 Å². The Morgan fingerprint density at radius 2 is 1.51 bits per heavy atom. The van der Waals surface area contributed by atoms with E-state index in [4.69, 9.17) is 0 Å². The van der Waals surface area contributed by atoms with Gasteiger partial charge in [-0.05, 0) is 49.6 Å². The largest absolute Gasteiger partial charge is 0.341 e. The fourth-order valence-corrected chi connectivity index (χ4v) is 3.87. The van der Waals surface area contributed by atoms with Gasteiger partial charge in [-0.2, -0.15) is 20.1 Å². The minimum absolute atomic E-state index is 0.00345. The van der Waals surface area contributed by atoms with E-state index in [0.29, 0.717) is 29.0 Å². The molecule has 192 valence electrons. The topological polar surface area (TPSA) is 151 Å². The van der Waals surface area contributed by atoms with Crippen LogP contribution in [0.25, 0.3) is 0 Å². The maximum Gasteiger partial charge on any atom is 0.269 e. The zero-order valence-corrected chi connectivity index (χ0v) is 20.8. The van der Waals surface area contributed by atoms with Crippen LogP contribution in [-0.2, 0) is 4.79 Å². The van der Waals surface area contributed by atoms with Gasteiger partial charge in [-0.1, -0.05) is 25.0 Å². The number of nitrogens with zero attached hydrogens (tertiary/aromatic N) is 6. The van der Waals surface area contributed by atoms with Gasteiger partial charge in [0.05, 0.1) is 10.6 Å². The van der Waals surface area contributed by atoms with Gasteiger partial charge in [0.25, 0.3) is 5.69 Å². The first-order chi connectivity index (χ1) is 17.9. The minimum atomic E-state index is -0.445. The van der Waals surface area contributed by atoms with Crippen molar-refractivity contribution in [2.24, 2.45) is 5.10 Å². The molecule has 2 aromatic carbocycles. The van der Waals surface area contributed by atoms with Gasteiger partial charge in [-0.3, -0.25) is 14.9 Å². The first-order valence-corrected chi connectivity index (χ1v) is 12.1. The highest BCUT2D eigenvalue weighted by atomic mass is 16.6. The first-order valence-electron chi connectivity index (χ1n) is 12.1. The Morgan fingerprint density at radius 1 is 0.892 bits per heavy atom. The van der Waals surface area contributed by atoms with Crippen molar-refractivity contribution in [1.82, 2.24) is 15.0 Å². The van der Waals surface area contributed by atoms with Gasteiger partial charge in [0.2, 0.25) is 23.8 Å². The summed E-state index contributed by atoms with van der Waals surface area (Å²) in [7, 11) is 0. The van der Waals surface area contributed by atoms with E-state index in [9.17, 15) is 14.9 Å². The van der Waals surface area contributed by atoms with Gasteiger partial charge in [0, 0.05) is 43.5 Å². The van der Waals surface area contributed by atoms with E-state index in [1.807, 2.05) is 31.2 Å². The second kappa shape index (κ2) is 11.9. The van der Waals surface area contributed by atoms with Crippen molar-refractivity contribution in [3.05, 3.63) is 64.2 Å². The molecule has 0 atom stereocenters. The average molecular weight is 504 g/mol. The van der Waals surface area contributed by atoms with Crippen LogP contribution in [0.2, 0.25) is 0 Å². The molecule has 0 unspecified atom stereocenters. The van der Waals surface area contributed by atoms with Gasteiger partial charge >= 0.3 is 0 Å². The lowest BCUT2D eigenvalue weighted by molar-refractivity contribution is -0.384. The van der Waals surface area contributed by atoms with Gasteiger partial charge < -0.3 is 15.5 Å². The van der Waals surface area contributed by atoms with Crippen LogP contribution in [0.15, 0.2) is 53.6 Å². The molecule has 0 saturated carbocycles. The zero-order chi connectivity index (χ0) is 26.2. The van der Waals surface area contributed by atoms with Crippen molar-refractivity contribution in [1.29, 1.82) is 0 Å². The van der Waals surface area contributed by atoms with Crippen LogP contribution >= 0.6 is 0 Å². The maximum absolute atomic E-state index is 11.2. The molecule has 4 rings (SSSR count). The molecular weight excluding hydrogens is 474 g/mol. The molecule has 1 saturated heterocycles. The lowest BCUT2D eigenvalue weighted by atomic mass is 10.1. The van der Waals surface area contributed by atoms with Gasteiger partial charge in [-0.15, -0.1) is 0 Å². The van der Waals surface area contributed by atoms with Crippen LogP contribution in [0, 0.1) is 10.1 Å². The number of aromatic nitrogens is 3.